The van der Waals surface area contributed by atoms with Crippen molar-refractivity contribution >= 4 is 34.9 Å². The third-order valence-corrected chi connectivity index (χ3v) is 7.00. The Morgan fingerprint density at radius 2 is 1.43 bits per heavy atom. The highest BCUT2D eigenvalue weighted by Gasteiger charge is 2.30. The van der Waals surface area contributed by atoms with Crippen LogP contribution in [0.1, 0.15) is 77.5 Å². The second-order valence-corrected chi connectivity index (χ2v) is 13.2. The first-order valence-corrected chi connectivity index (χ1v) is 15.7. The highest BCUT2D eigenvalue weighted by molar-refractivity contribution is 7.80. The van der Waals surface area contributed by atoms with E-state index in [0.717, 1.165) is 22.6 Å². The Labute approximate surface area is 268 Å². The molecule has 0 aliphatic heterocycles. The maximum absolute atomic E-state index is 13.6. The Morgan fingerprint density at radius 1 is 0.795 bits per heavy atom. The molecule has 3 aromatic carbocycles. The van der Waals surface area contributed by atoms with Gasteiger partial charge in [0.1, 0.15) is 30.0 Å². The summed E-state index contributed by atoms with van der Waals surface area (Å²) in [6, 6.07) is 24.0. The largest absolute Gasteiger partial charge is 0.489 e. The Bertz CT molecular complexity index is 1350. The lowest BCUT2D eigenvalue weighted by atomic mass is 10.0. The molecule has 44 heavy (non-hydrogen) atoms. The molecule has 0 saturated carbocycles. The summed E-state index contributed by atoms with van der Waals surface area (Å²) in [6.45, 7) is 14.2. The SMILES string of the molecule is CC(C)C[C@H](NC(=S)Nc1ccc(C(C)C)cc1)C(=O)N[C@@H](Cc1ccc(OCc2ccccc2)cc1)C(=O)OC(C)(C)C. The maximum atomic E-state index is 13.6. The summed E-state index contributed by atoms with van der Waals surface area (Å²) in [6.07, 6.45) is 0.785. The zero-order chi connectivity index (χ0) is 32.3. The summed E-state index contributed by atoms with van der Waals surface area (Å²) in [5.74, 6) is 0.532. The minimum absolute atomic E-state index is 0.204. The maximum Gasteiger partial charge on any atom is 0.329 e. The van der Waals surface area contributed by atoms with Gasteiger partial charge in [0, 0.05) is 12.1 Å². The molecular formula is C36H47N3O4S. The summed E-state index contributed by atoms with van der Waals surface area (Å²) < 4.78 is 11.6. The first kappa shape index (κ1) is 34.6. The minimum atomic E-state index is -0.889. The number of benzene rings is 3. The van der Waals surface area contributed by atoms with Crippen molar-refractivity contribution in [2.24, 2.45) is 5.92 Å². The molecule has 7 nitrogen and oxygen atoms in total. The lowest BCUT2D eigenvalue weighted by Crippen LogP contribution is -2.54. The van der Waals surface area contributed by atoms with E-state index in [0.29, 0.717) is 24.1 Å². The van der Waals surface area contributed by atoms with E-state index in [2.05, 4.69) is 41.9 Å². The molecule has 8 heteroatoms. The van der Waals surface area contributed by atoms with Gasteiger partial charge in [-0.2, -0.15) is 0 Å². The smallest absolute Gasteiger partial charge is 0.329 e. The molecule has 0 radical (unpaired) electrons. The number of carbonyl (C=O) groups is 2. The number of nitrogens with one attached hydrogen (secondary N) is 3. The van der Waals surface area contributed by atoms with Crippen molar-refractivity contribution in [3.8, 4) is 5.75 Å². The fraction of sp³-hybridized carbons (Fsp3) is 0.417. The third-order valence-electron chi connectivity index (χ3n) is 6.78. The predicted octanol–water partition coefficient (Wildman–Crippen LogP) is 7.16. The van der Waals surface area contributed by atoms with Crippen LogP contribution in [0.3, 0.4) is 0 Å². The summed E-state index contributed by atoms with van der Waals surface area (Å²) in [5, 5.41) is 9.63. The number of hydrogen-bond acceptors (Lipinski definition) is 5. The molecule has 0 bridgehead atoms. The highest BCUT2D eigenvalue weighted by atomic mass is 32.1. The van der Waals surface area contributed by atoms with E-state index in [1.54, 1.807) is 0 Å². The van der Waals surface area contributed by atoms with Crippen LogP contribution >= 0.6 is 12.2 Å². The highest BCUT2D eigenvalue weighted by Crippen LogP contribution is 2.19. The van der Waals surface area contributed by atoms with Crippen LogP contribution in [-0.4, -0.2) is 34.7 Å². The summed E-state index contributed by atoms with van der Waals surface area (Å²) >= 11 is 5.57. The number of rotatable bonds is 13. The molecule has 0 unspecified atom stereocenters. The number of hydrogen-bond donors (Lipinski definition) is 3. The lowest BCUT2D eigenvalue weighted by molar-refractivity contribution is -0.158. The van der Waals surface area contributed by atoms with Crippen LogP contribution in [0.15, 0.2) is 78.9 Å². The van der Waals surface area contributed by atoms with Crippen molar-refractivity contribution < 1.29 is 19.1 Å². The van der Waals surface area contributed by atoms with E-state index in [4.69, 9.17) is 21.7 Å². The number of amides is 1. The predicted molar refractivity (Wildman–Crippen MR) is 182 cm³/mol. The Balaban J connectivity index is 1.69. The minimum Gasteiger partial charge on any atom is -0.489 e. The van der Waals surface area contributed by atoms with Crippen LogP contribution in [-0.2, 0) is 27.4 Å². The van der Waals surface area contributed by atoms with Crippen molar-refractivity contribution in [3.05, 3.63) is 95.6 Å². The number of carbonyl (C=O) groups excluding carboxylic acids is 2. The van der Waals surface area contributed by atoms with Crippen molar-refractivity contribution in [1.82, 2.24) is 10.6 Å². The summed E-state index contributed by atoms with van der Waals surface area (Å²) in [5.41, 5.74) is 3.30. The molecule has 2 atom stereocenters. The average molecular weight is 618 g/mol. The standard InChI is InChI=1S/C36H47N3O4S/c1-24(2)21-31(39-35(44)37-29-17-15-28(16-18-29)25(3)4)33(40)38-32(34(41)43-36(5,6)7)22-26-13-19-30(20-14-26)42-23-27-11-9-8-10-12-27/h8-20,24-25,31-32H,21-23H2,1-7H3,(H,38,40)(H2,37,39,44)/t31-,32-/m0/s1. The normalized spacial score (nSPS) is 12.8. The fourth-order valence-corrected chi connectivity index (χ4v) is 4.78. The molecule has 0 heterocycles. The van der Waals surface area contributed by atoms with E-state index in [9.17, 15) is 9.59 Å². The van der Waals surface area contributed by atoms with Gasteiger partial charge in [0.25, 0.3) is 0 Å². The van der Waals surface area contributed by atoms with Gasteiger partial charge < -0.3 is 25.4 Å². The molecule has 0 spiro atoms. The average Bonchev–Trinajstić information content (AvgIpc) is 2.95. The van der Waals surface area contributed by atoms with Crippen molar-refractivity contribution in [1.29, 1.82) is 0 Å². The van der Waals surface area contributed by atoms with E-state index in [1.165, 1.54) is 5.56 Å². The first-order valence-electron chi connectivity index (χ1n) is 15.3. The van der Waals surface area contributed by atoms with Crippen LogP contribution in [0, 0.1) is 5.92 Å². The quantitative estimate of drug-likeness (QED) is 0.139. The van der Waals surface area contributed by atoms with Gasteiger partial charge in [-0.25, -0.2) is 4.79 Å². The molecule has 0 aliphatic rings. The van der Waals surface area contributed by atoms with E-state index < -0.39 is 23.7 Å². The first-order chi connectivity index (χ1) is 20.8. The molecular weight excluding hydrogens is 570 g/mol. The monoisotopic (exact) mass is 617 g/mol. The van der Waals surface area contributed by atoms with Crippen LogP contribution in [0.5, 0.6) is 5.75 Å². The topological polar surface area (TPSA) is 88.7 Å². The van der Waals surface area contributed by atoms with Crippen LogP contribution in [0.4, 0.5) is 5.69 Å². The molecule has 0 aliphatic carbocycles. The van der Waals surface area contributed by atoms with E-state index >= 15 is 0 Å². The summed E-state index contributed by atoms with van der Waals surface area (Å²) in [4.78, 5) is 26.9. The van der Waals surface area contributed by atoms with Gasteiger partial charge in [0.05, 0.1) is 0 Å². The number of ether oxygens (including phenoxy) is 2. The van der Waals surface area contributed by atoms with Gasteiger partial charge in [0.2, 0.25) is 5.91 Å². The second-order valence-electron chi connectivity index (χ2n) is 12.8. The van der Waals surface area contributed by atoms with Gasteiger partial charge in [-0.1, -0.05) is 82.3 Å². The molecule has 0 saturated heterocycles. The number of anilines is 1. The lowest BCUT2D eigenvalue weighted by Gasteiger charge is -2.27. The fourth-order valence-electron chi connectivity index (χ4n) is 4.52. The second kappa shape index (κ2) is 16.2. The summed E-state index contributed by atoms with van der Waals surface area (Å²) in [7, 11) is 0. The zero-order valence-electron chi connectivity index (χ0n) is 27.0. The zero-order valence-corrected chi connectivity index (χ0v) is 27.8. The van der Waals surface area contributed by atoms with Crippen LogP contribution in [0.2, 0.25) is 0 Å². The van der Waals surface area contributed by atoms with Crippen LogP contribution < -0.4 is 20.7 Å². The molecule has 1 amide bonds. The number of thiocarbonyl (C=S) groups is 1. The van der Waals surface area contributed by atoms with Gasteiger partial charge in [-0.15, -0.1) is 0 Å². The molecule has 3 rings (SSSR count). The van der Waals surface area contributed by atoms with Crippen molar-refractivity contribution in [2.75, 3.05) is 5.32 Å². The van der Waals surface area contributed by atoms with Gasteiger partial charge in [0.15, 0.2) is 5.11 Å². The van der Waals surface area contributed by atoms with Crippen molar-refractivity contribution in [3.63, 3.8) is 0 Å². The van der Waals surface area contributed by atoms with E-state index in [1.807, 2.05) is 101 Å². The number of esters is 1. The molecule has 0 fully saturated rings. The molecule has 3 aromatic rings. The Morgan fingerprint density at radius 3 is 2.00 bits per heavy atom. The Hall–Kier alpha value is -3.91. The molecule has 236 valence electrons. The van der Waals surface area contributed by atoms with Crippen molar-refractivity contribution in [2.45, 2.75) is 91.5 Å². The van der Waals surface area contributed by atoms with Gasteiger partial charge in [-0.05, 0) is 92.2 Å². The third kappa shape index (κ3) is 12.0. The molecule has 3 N–H and O–H groups in total. The van der Waals surface area contributed by atoms with Crippen LogP contribution in [0.25, 0.3) is 0 Å². The Kier molecular flexibility index (Phi) is 12.8. The van der Waals surface area contributed by atoms with E-state index in [-0.39, 0.29) is 18.2 Å². The van der Waals surface area contributed by atoms with Gasteiger partial charge >= 0.3 is 5.97 Å². The van der Waals surface area contributed by atoms with Gasteiger partial charge in [-0.3, -0.25) is 4.79 Å². The molecule has 0 aromatic heterocycles.